The number of hydrogen-bond acceptors (Lipinski definition) is 3. The van der Waals surface area contributed by atoms with Crippen molar-refractivity contribution in [3.05, 3.63) is 167 Å². The van der Waals surface area contributed by atoms with Crippen LogP contribution in [-0.4, -0.2) is 16.0 Å². The summed E-state index contributed by atoms with van der Waals surface area (Å²) in [5.74, 6) is 0.164. The minimum absolute atomic E-state index is 0.0420. The quantitative estimate of drug-likeness (QED) is 0.260. The van der Waals surface area contributed by atoms with Crippen LogP contribution in [0.1, 0.15) is 68.3 Å². The lowest BCUT2D eigenvalue weighted by Gasteiger charge is -2.47. The summed E-state index contributed by atoms with van der Waals surface area (Å²) in [6.45, 7) is 12.2. The van der Waals surface area contributed by atoms with Crippen molar-refractivity contribution in [1.29, 1.82) is 0 Å². The Morgan fingerprint density at radius 2 is 1.31 bits per heavy atom. The van der Waals surface area contributed by atoms with Crippen molar-refractivity contribution < 1.29 is 0 Å². The molecule has 4 aliphatic rings. The summed E-state index contributed by atoms with van der Waals surface area (Å²) in [6.07, 6.45) is 15.5. The average molecular weight is 586 g/mol. The summed E-state index contributed by atoms with van der Waals surface area (Å²) >= 11 is 0. The van der Waals surface area contributed by atoms with Crippen LogP contribution in [0.25, 0.3) is 22.4 Å². The number of benzene rings is 2. The van der Waals surface area contributed by atoms with E-state index >= 15 is 0 Å². The lowest BCUT2D eigenvalue weighted by molar-refractivity contribution is 0.192. The van der Waals surface area contributed by atoms with Gasteiger partial charge in [0.25, 0.3) is 0 Å². The van der Waals surface area contributed by atoms with Gasteiger partial charge in [0.05, 0.1) is 23.1 Å². The standard InChI is InChI=1S/C42H39N3/c1-40(2)31-18-8-6-15-28(31)37-38(29-16-7-9-19-32(29)40)41(3,4)42(5)22-14-17-30(39(37)42)35-25-27(33-20-10-12-23-43-33)26-36(45-35)34-21-11-13-24-44-34/h6-26,35,39,45H,1-5H3. The van der Waals surface area contributed by atoms with Gasteiger partial charge in [0.2, 0.25) is 0 Å². The average Bonchev–Trinajstić information content (AvgIpc) is 3.21. The number of aromatic nitrogens is 2. The van der Waals surface area contributed by atoms with Gasteiger partial charge < -0.3 is 5.32 Å². The van der Waals surface area contributed by atoms with Gasteiger partial charge in [0, 0.05) is 40.1 Å². The third-order valence-electron chi connectivity index (χ3n) is 11.2. The first kappa shape index (κ1) is 27.8. The van der Waals surface area contributed by atoms with Gasteiger partial charge in [-0.25, -0.2) is 0 Å². The van der Waals surface area contributed by atoms with E-state index in [4.69, 9.17) is 9.97 Å². The molecular formula is C42H39N3. The third kappa shape index (κ3) is 3.96. The van der Waals surface area contributed by atoms with Gasteiger partial charge in [0.15, 0.2) is 0 Å². The number of nitrogens with zero attached hydrogens (tertiary/aromatic N) is 2. The van der Waals surface area contributed by atoms with Crippen molar-refractivity contribution in [2.24, 2.45) is 16.7 Å². The summed E-state index contributed by atoms with van der Waals surface area (Å²) in [5.41, 5.74) is 13.5. The van der Waals surface area contributed by atoms with Gasteiger partial charge in [-0.2, -0.15) is 0 Å². The van der Waals surface area contributed by atoms with Crippen LogP contribution in [0.15, 0.2) is 133 Å². The molecule has 45 heavy (non-hydrogen) atoms. The van der Waals surface area contributed by atoms with E-state index in [-0.39, 0.29) is 28.2 Å². The fourth-order valence-electron chi connectivity index (χ4n) is 8.57. The van der Waals surface area contributed by atoms with Crippen molar-refractivity contribution in [1.82, 2.24) is 15.3 Å². The molecule has 0 bridgehead atoms. The zero-order valence-corrected chi connectivity index (χ0v) is 26.7. The maximum atomic E-state index is 4.76. The Balaban J connectivity index is 1.37. The Bertz CT molecular complexity index is 1990. The van der Waals surface area contributed by atoms with E-state index in [2.05, 4.69) is 143 Å². The molecule has 3 aliphatic carbocycles. The van der Waals surface area contributed by atoms with E-state index in [9.17, 15) is 0 Å². The van der Waals surface area contributed by atoms with Crippen LogP contribution in [0.5, 0.6) is 0 Å². The Morgan fingerprint density at radius 3 is 2.00 bits per heavy atom. The van der Waals surface area contributed by atoms with Gasteiger partial charge in [-0.3, -0.25) is 9.97 Å². The molecule has 0 saturated heterocycles. The van der Waals surface area contributed by atoms with Gasteiger partial charge in [-0.1, -0.05) is 114 Å². The van der Waals surface area contributed by atoms with Gasteiger partial charge in [-0.05, 0) is 75.4 Å². The molecule has 3 nitrogen and oxygen atoms in total. The second-order valence-electron chi connectivity index (χ2n) is 14.1. The number of hydrogen-bond donors (Lipinski definition) is 1. The first-order valence-corrected chi connectivity index (χ1v) is 16.1. The van der Waals surface area contributed by atoms with E-state index in [0.717, 1.165) is 22.7 Å². The van der Waals surface area contributed by atoms with Crippen molar-refractivity contribution in [2.45, 2.75) is 46.1 Å². The monoisotopic (exact) mass is 585 g/mol. The van der Waals surface area contributed by atoms with E-state index in [1.807, 2.05) is 24.5 Å². The van der Waals surface area contributed by atoms with Crippen molar-refractivity contribution in [2.75, 3.05) is 0 Å². The SMILES string of the molecule is CC1(C)c2ccccc2C2=C(c3ccccc31)C(C)(C)C1(C)C=CC=C(C3C=C(c4ccccn4)C=C(c4ccccn4)N3)C21. The van der Waals surface area contributed by atoms with Crippen LogP contribution < -0.4 is 5.32 Å². The Morgan fingerprint density at radius 1 is 0.689 bits per heavy atom. The smallest absolute Gasteiger partial charge is 0.0861 e. The largest absolute Gasteiger partial charge is 0.373 e. The molecule has 1 N–H and O–H groups in total. The minimum atomic E-state index is -0.142. The second kappa shape index (κ2) is 9.87. The number of allylic oxidation sites excluding steroid dienone is 7. The number of fused-ring (bicyclic) bond motifs is 6. The maximum absolute atomic E-state index is 4.76. The van der Waals surface area contributed by atoms with Crippen LogP contribution in [-0.2, 0) is 5.41 Å². The molecule has 0 spiro atoms. The molecule has 3 heteroatoms. The zero-order chi connectivity index (χ0) is 31.0. The van der Waals surface area contributed by atoms with Crippen molar-refractivity contribution >= 4 is 22.4 Å². The molecule has 8 rings (SSSR count). The minimum Gasteiger partial charge on any atom is -0.373 e. The van der Waals surface area contributed by atoms with Crippen LogP contribution in [0.3, 0.4) is 0 Å². The van der Waals surface area contributed by atoms with Crippen molar-refractivity contribution in [3.8, 4) is 0 Å². The fraction of sp³-hybridized carbons (Fsp3) is 0.238. The Hall–Kier alpha value is -4.76. The highest BCUT2D eigenvalue weighted by atomic mass is 15.0. The molecule has 3 atom stereocenters. The van der Waals surface area contributed by atoms with Gasteiger partial charge >= 0.3 is 0 Å². The predicted octanol–water partition coefficient (Wildman–Crippen LogP) is 9.28. The summed E-state index contributed by atoms with van der Waals surface area (Å²) in [4.78, 5) is 9.50. The molecule has 0 fully saturated rings. The van der Waals surface area contributed by atoms with Crippen LogP contribution in [0.4, 0.5) is 0 Å². The number of rotatable bonds is 3. The van der Waals surface area contributed by atoms with Crippen LogP contribution in [0.2, 0.25) is 0 Å². The fourth-order valence-corrected chi connectivity index (χ4v) is 8.57. The Labute approximate surface area is 266 Å². The molecule has 3 heterocycles. The predicted molar refractivity (Wildman–Crippen MR) is 186 cm³/mol. The highest BCUT2D eigenvalue weighted by Crippen LogP contribution is 2.70. The number of dihydropyridines is 1. The first-order chi connectivity index (χ1) is 21.7. The highest BCUT2D eigenvalue weighted by molar-refractivity contribution is 6.02. The molecule has 4 aromatic rings. The lowest BCUT2D eigenvalue weighted by atomic mass is 9.57. The molecule has 0 radical (unpaired) electrons. The normalized spacial score (nSPS) is 25.4. The van der Waals surface area contributed by atoms with Gasteiger partial charge in [0.1, 0.15) is 0 Å². The van der Waals surface area contributed by atoms with Crippen molar-refractivity contribution in [3.63, 3.8) is 0 Å². The van der Waals surface area contributed by atoms with E-state index < -0.39 is 0 Å². The molecule has 0 saturated carbocycles. The van der Waals surface area contributed by atoms with E-state index in [1.165, 1.54) is 39.0 Å². The van der Waals surface area contributed by atoms with Crippen LogP contribution in [0, 0.1) is 16.7 Å². The highest BCUT2D eigenvalue weighted by Gasteiger charge is 2.59. The first-order valence-electron chi connectivity index (χ1n) is 16.1. The summed E-state index contributed by atoms with van der Waals surface area (Å²) < 4.78 is 0. The molecule has 2 aromatic heterocycles. The van der Waals surface area contributed by atoms with E-state index in [1.54, 1.807) is 0 Å². The lowest BCUT2D eigenvalue weighted by Crippen LogP contribution is -2.43. The molecule has 0 amide bonds. The zero-order valence-electron chi connectivity index (χ0n) is 26.7. The molecule has 222 valence electrons. The molecule has 2 aromatic carbocycles. The Kier molecular flexibility index (Phi) is 6.09. The number of nitrogens with one attached hydrogen (secondary N) is 1. The van der Waals surface area contributed by atoms with Gasteiger partial charge in [-0.15, -0.1) is 0 Å². The maximum Gasteiger partial charge on any atom is 0.0861 e. The topological polar surface area (TPSA) is 37.8 Å². The summed E-state index contributed by atoms with van der Waals surface area (Å²) in [6, 6.07) is 30.5. The molecular weight excluding hydrogens is 546 g/mol. The molecule has 1 aliphatic heterocycles. The third-order valence-corrected chi connectivity index (χ3v) is 11.2. The summed E-state index contributed by atoms with van der Waals surface area (Å²) in [7, 11) is 0. The second-order valence-corrected chi connectivity index (χ2v) is 14.1. The number of pyridine rings is 2. The molecule has 3 unspecified atom stereocenters. The van der Waals surface area contributed by atoms with E-state index in [0.29, 0.717) is 0 Å². The van der Waals surface area contributed by atoms with Crippen LogP contribution >= 0.6 is 0 Å². The summed E-state index contributed by atoms with van der Waals surface area (Å²) in [5, 5.41) is 3.94.